The maximum Gasteiger partial charge on any atom is 0.356 e. The van der Waals surface area contributed by atoms with Gasteiger partial charge < -0.3 is 10.8 Å². The Bertz CT molecular complexity index is 572. The first kappa shape index (κ1) is 11.3. The van der Waals surface area contributed by atoms with Gasteiger partial charge in [0, 0.05) is 5.56 Å². The normalized spacial score (nSPS) is 10.2. The molecule has 0 saturated heterocycles. The van der Waals surface area contributed by atoms with Crippen LogP contribution in [-0.2, 0) is 0 Å². The summed E-state index contributed by atoms with van der Waals surface area (Å²) in [5.74, 6) is -1.04. The van der Waals surface area contributed by atoms with Gasteiger partial charge in [0.2, 0.25) is 0 Å². The van der Waals surface area contributed by atoms with Gasteiger partial charge in [-0.25, -0.2) is 14.8 Å². The van der Waals surface area contributed by atoms with Crippen LogP contribution in [0.15, 0.2) is 30.3 Å². The van der Waals surface area contributed by atoms with Gasteiger partial charge >= 0.3 is 5.97 Å². The number of benzene rings is 1. The molecule has 0 spiro atoms. The minimum atomic E-state index is -1.23. The van der Waals surface area contributed by atoms with E-state index in [2.05, 4.69) is 9.97 Å². The second-order valence-corrected chi connectivity index (χ2v) is 3.64. The van der Waals surface area contributed by atoms with Crippen LogP contribution in [0, 0.1) is 0 Å². The smallest absolute Gasteiger partial charge is 0.356 e. The van der Waals surface area contributed by atoms with Crippen molar-refractivity contribution in [1.82, 2.24) is 9.97 Å². The van der Waals surface area contributed by atoms with Gasteiger partial charge in [0.25, 0.3) is 0 Å². The summed E-state index contributed by atoms with van der Waals surface area (Å²) < 4.78 is 0. The molecule has 0 bridgehead atoms. The molecule has 1 heterocycles. The van der Waals surface area contributed by atoms with Crippen LogP contribution in [0.2, 0.25) is 5.02 Å². The van der Waals surface area contributed by atoms with Crippen molar-refractivity contribution in [2.24, 2.45) is 0 Å². The molecule has 86 valence electrons. The molecule has 0 aliphatic heterocycles. The maximum atomic E-state index is 10.9. The molecule has 1 aromatic carbocycles. The molecule has 0 radical (unpaired) electrons. The van der Waals surface area contributed by atoms with E-state index in [-0.39, 0.29) is 22.4 Å². The highest BCUT2D eigenvalue weighted by Gasteiger charge is 2.16. The summed E-state index contributed by atoms with van der Waals surface area (Å²) in [6.45, 7) is 0. The Morgan fingerprint density at radius 3 is 2.47 bits per heavy atom. The average molecular weight is 250 g/mol. The van der Waals surface area contributed by atoms with Crippen LogP contribution >= 0.6 is 11.6 Å². The second-order valence-electron chi connectivity index (χ2n) is 3.27. The number of aromatic nitrogens is 2. The molecule has 0 aliphatic rings. The number of halogens is 1. The predicted molar refractivity (Wildman–Crippen MR) is 63.8 cm³/mol. The van der Waals surface area contributed by atoms with Gasteiger partial charge in [0.15, 0.2) is 11.5 Å². The fraction of sp³-hybridized carbons (Fsp3) is 0. The number of nitrogens with zero attached hydrogens (tertiary/aromatic N) is 2. The number of nitrogen functional groups attached to an aromatic ring is 1. The number of carboxylic acids is 1. The summed E-state index contributed by atoms with van der Waals surface area (Å²) in [5.41, 5.74) is 5.94. The van der Waals surface area contributed by atoms with Gasteiger partial charge in [-0.2, -0.15) is 0 Å². The first-order chi connectivity index (χ1) is 8.09. The SMILES string of the molecule is Nc1nc(-c2ccccc2)nc(C(=O)O)c1Cl. The molecular formula is C11H8ClN3O2. The van der Waals surface area contributed by atoms with Crippen LogP contribution in [0.1, 0.15) is 10.5 Å². The lowest BCUT2D eigenvalue weighted by molar-refractivity contribution is 0.0690. The molecule has 0 unspecified atom stereocenters. The molecule has 0 fully saturated rings. The quantitative estimate of drug-likeness (QED) is 0.851. The number of rotatable bonds is 2. The molecule has 2 aromatic rings. The number of carboxylic acid groups (broad SMARTS) is 1. The van der Waals surface area contributed by atoms with E-state index < -0.39 is 5.97 Å². The Labute approximate surface area is 102 Å². The number of anilines is 1. The molecule has 2 rings (SSSR count). The third-order valence-electron chi connectivity index (χ3n) is 2.11. The van der Waals surface area contributed by atoms with Gasteiger partial charge in [-0.1, -0.05) is 41.9 Å². The molecule has 0 saturated carbocycles. The molecule has 6 heteroatoms. The molecule has 1 aromatic heterocycles. The van der Waals surface area contributed by atoms with E-state index in [0.717, 1.165) is 0 Å². The van der Waals surface area contributed by atoms with Gasteiger partial charge in [0.1, 0.15) is 10.8 Å². The van der Waals surface area contributed by atoms with Crippen LogP contribution in [-0.4, -0.2) is 21.0 Å². The molecule has 0 atom stereocenters. The van der Waals surface area contributed by atoms with Crippen LogP contribution in [0.4, 0.5) is 5.82 Å². The highest BCUT2D eigenvalue weighted by Crippen LogP contribution is 2.24. The van der Waals surface area contributed by atoms with E-state index in [1.165, 1.54) is 0 Å². The summed E-state index contributed by atoms with van der Waals surface area (Å²) in [6.07, 6.45) is 0. The van der Waals surface area contributed by atoms with Crippen molar-refractivity contribution in [3.8, 4) is 11.4 Å². The monoisotopic (exact) mass is 249 g/mol. The van der Waals surface area contributed by atoms with Gasteiger partial charge in [-0.15, -0.1) is 0 Å². The Morgan fingerprint density at radius 1 is 1.24 bits per heavy atom. The molecule has 0 amide bonds. The second kappa shape index (κ2) is 4.39. The Balaban J connectivity index is 2.61. The van der Waals surface area contributed by atoms with E-state index >= 15 is 0 Å². The number of nitrogens with two attached hydrogens (primary N) is 1. The number of carbonyl (C=O) groups is 1. The van der Waals surface area contributed by atoms with E-state index in [1.54, 1.807) is 24.3 Å². The van der Waals surface area contributed by atoms with E-state index in [4.69, 9.17) is 22.4 Å². The largest absolute Gasteiger partial charge is 0.476 e. The number of aromatic carboxylic acids is 1. The summed E-state index contributed by atoms with van der Waals surface area (Å²) in [6, 6.07) is 8.94. The molecule has 0 aliphatic carbocycles. The zero-order valence-corrected chi connectivity index (χ0v) is 9.35. The summed E-state index contributed by atoms with van der Waals surface area (Å²) >= 11 is 5.72. The van der Waals surface area contributed by atoms with Crippen LogP contribution in [0.25, 0.3) is 11.4 Å². The molecular weight excluding hydrogens is 242 g/mol. The van der Waals surface area contributed by atoms with Crippen LogP contribution in [0.5, 0.6) is 0 Å². The van der Waals surface area contributed by atoms with Crippen molar-refractivity contribution in [3.05, 3.63) is 41.0 Å². The molecule has 17 heavy (non-hydrogen) atoms. The minimum Gasteiger partial charge on any atom is -0.476 e. The van der Waals surface area contributed by atoms with Gasteiger partial charge in [-0.3, -0.25) is 0 Å². The average Bonchev–Trinajstić information content (AvgIpc) is 2.33. The Kier molecular flexibility index (Phi) is 2.93. The fourth-order valence-corrected chi connectivity index (χ4v) is 1.49. The van der Waals surface area contributed by atoms with Crippen LogP contribution < -0.4 is 5.73 Å². The zero-order chi connectivity index (χ0) is 12.4. The molecule has 3 N–H and O–H groups in total. The fourth-order valence-electron chi connectivity index (χ4n) is 1.32. The Morgan fingerprint density at radius 2 is 1.88 bits per heavy atom. The minimum absolute atomic E-state index is 0.0436. The van der Waals surface area contributed by atoms with Crippen molar-refractivity contribution >= 4 is 23.4 Å². The first-order valence-corrected chi connectivity index (χ1v) is 5.09. The van der Waals surface area contributed by atoms with E-state index in [9.17, 15) is 4.79 Å². The van der Waals surface area contributed by atoms with Crippen molar-refractivity contribution in [2.75, 3.05) is 5.73 Å². The maximum absolute atomic E-state index is 10.9. The summed E-state index contributed by atoms with van der Waals surface area (Å²) in [4.78, 5) is 18.8. The van der Waals surface area contributed by atoms with Crippen LogP contribution in [0.3, 0.4) is 0 Å². The zero-order valence-electron chi connectivity index (χ0n) is 8.59. The van der Waals surface area contributed by atoms with E-state index in [0.29, 0.717) is 5.56 Å². The van der Waals surface area contributed by atoms with Crippen molar-refractivity contribution in [2.45, 2.75) is 0 Å². The van der Waals surface area contributed by atoms with Crippen molar-refractivity contribution in [3.63, 3.8) is 0 Å². The standard InChI is InChI=1S/C11H8ClN3O2/c12-7-8(11(16)17)14-10(15-9(7)13)6-4-2-1-3-5-6/h1-5H,(H,16,17)(H2,13,14,15). The lowest BCUT2D eigenvalue weighted by Gasteiger charge is -2.05. The lowest BCUT2D eigenvalue weighted by atomic mass is 10.2. The number of hydrogen-bond acceptors (Lipinski definition) is 4. The van der Waals surface area contributed by atoms with Crippen molar-refractivity contribution < 1.29 is 9.90 Å². The van der Waals surface area contributed by atoms with Gasteiger partial charge in [-0.05, 0) is 0 Å². The predicted octanol–water partition coefficient (Wildman–Crippen LogP) is 2.08. The van der Waals surface area contributed by atoms with E-state index in [1.807, 2.05) is 6.07 Å². The summed E-state index contributed by atoms with van der Waals surface area (Å²) in [7, 11) is 0. The Hall–Kier alpha value is -2.14. The highest BCUT2D eigenvalue weighted by atomic mass is 35.5. The molecule has 5 nitrogen and oxygen atoms in total. The third kappa shape index (κ3) is 2.19. The first-order valence-electron chi connectivity index (χ1n) is 4.71. The highest BCUT2D eigenvalue weighted by molar-refractivity contribution is 6.35. The van der Waals surface area contributed by atoms with Crippen molar-refractivity contribution in [1.29, 1.82) is 0 Å². The third-order valence-corrected chi connectivity index (χ3v) is 2.48. The number of hydrogen-bond donors (Lipinski definition) is 2. The lowest BCUT2D eigenvalue weighted by Crippen LogP contribution is -2.07. The van der Waals surface area contributed by atoms with Gasteiger partial charge in [0.05, 0.1) is 0 Å². The summed E-state index contributed by atoms with van der Waals surface area (Å²) in [5, 5.41) is 8.79. The topological polar surface area (TPSA) is 89.1 Å².